The van der Waals surface area contributed by atoms with Gasteiger partial charge >= 0.3 is 6.09 Å². The van der Waals surface area contributed by atoms with Crippen molar-refractivity contribution in [2.24, 2.45) is 0 Å². The van der Waals surface area contributed by atoms with Crippen LogP contribution < -0.4 is 21.8 Å². The van der Waals surface area contributed by atoms with E-state index in [9.17, 15) is 9.59 Å². The minimum absolute atomic E-state index is 0.187. The van der Waals surface area contributed by atoms with E-state index < -0.39 is 12.3 Å². The molecule has 0 saturated carbocycles. The van der Waals surface area contributed by atoms with Crippen molar-refractivity contribution in [1.29, 1.82) is 0 Å². The Morgan fingerprint density at radius 3 is 2.81 bits per heavy atom. The van der Waals surface area contributed by atoms with E-state index in [1.807, 2.05) is 38.1 Å². The number of hydrogen-bond donors (Lipinski definition) is 4. The highest BCUT2D eigenvalue weighted by Gasteiger charge is 2.23. The second-order valence-corrected chi connectivity index (χ2v) is 7.65. The second-order valence-electron chi connectivity index (χ2n) is 7.65. The highest BCUT2D eigenvalue weighted by atomic mass is 16.7. The molecule has 1 aliphatic rings. The van der Waals surface area contributed by atoms with E-state index in [2.05, 4.69) is 26.1 Å². The molecule has 32 heavy (non-hydrogen) atoms. The topological polar surface area (TPSA) is 131 Å². The number of carbonyl (C=O) groups excluding carboxylic acids is 2. The molecule has 9 nitrogen and oxygen atoms in total. The van der Waals surface area contributed by atoms with Crippen molar-refractivity contribution < 1.29 is 14.4 Å². The predicted octanol–water partition coefficient (Wildman–Crippen LogP) is 2.44. The molecule has 1 atom stereocenters. The van der Waals surface area contributed by atoms with Crippen LogP contribution in [0.3, 0.4) is 0 Å². The number of amides is 2. The first-order chi connectivity index (χ1) is 15.4. The molecule has 9 heteroatoms. The number of hydroxylamine groups is 1. The van der Waals surface area contributed by atoms with Crippen LogP contribution in [-0.4, -0.2) is 22.0 Å². The molecular weight excluding hydrogens is 408 g/mol. The number of nitrogens with two attached hydrogens (primary N) is 1. The molecule has 2 aromatic heterocycles. The SMILES string of the molecule is Cc1cc(N)nc(C)c1CNC(=O)c1ccnc(Cc2cccc(C3NOC(=O)N3)c2)c1. The first-order valence-corrected chi connectivity index (χ1v) is 10.2. The van der Waals surface area contributed by atoms with Gasteiger partial charge in [-0.1, -0.05) is 24.3 Å². The molecule has 3 aromatic rings. The van der Waals surface area contributed by atoms with Crippen LogP contribution in [-0.2, 0) is 17.8 Å². The summed E-state index contributed by atoms with van der Waals surface area (Å²) < 4.78 is 0. The van der Waals surface area contributed by atoms with Crippen molar-refractivity contribution in [3.8, 4) is 0 Å². The fraction of sp³-hybridized carbons (Fsp3) is 0.217. The van der Waals surface area contributed by atoms with Gasteiger partial charge in [0.15, 0.2) is 0 Å². The quantitative estimate of drug-likeness (QED) is 0.470. The van der Waals surface area contributed by atoms with Crippen LogP contribution in [0, 0.1) is 13.8 Å². The molecule has 4 rings (SSSR count). The lowest BCUT2D eigenvalue weighted by Gasteiger charge is -2.12. The molecule has 5 N–H and O–H groups in total. The Bertz CT molecular complexity index is 1160. The van der Waals surface area contributed by atoms with E-state index in [-0.39, 0.29) is 5.91 Å². The number of hydrogen-bond acceptors (Lipinski definition) is 7. The Labute approximate surface area is 185 Å². The van der Waals surface area contributed by atoms with Crippen molar-refractivity contribution in [2.75, 3.05) is 5.73 Å². The number of carbonyl (C=O) groups is 2. The van der Waals surface area contributed by atoms with Crippen molar-refractivity contribution in [1.82, 2.24) is 26.1 Å². The van der Waals surface area contributed by atoms with E-state index >= 15 is 0 Å². The van der Waals surface area contributed by atoms with Gasteiger partial charge < -0.3 is 15.9 Å². The Morgan fingerprint density at radius 2 is 2.06 bits per heavy atom. The molecule has 0 bridgehead atoms. The molecule has 2 amide bonds. The van der Waals surface area contributed by atoms with Crippen LogP contribution in [0.2, 0.25) is 0 Å². The molecule has 1 aromatic carbocycles. The number of pyridine rings is 2. The second kappa shape index (κ2) is 9.03. The number of nitrogen functional groups attached to an aromatic ring is 1. The summed E-state index contributed by atoms with van der Waals surface area (Å²) in [6, 6.07) is 13.0. The summed E-state index contributed by atoms with van der Waals surface area (Å²) in [6.45, 7) is 4.19. The van der Waals surface area contributed by atoms with Crippen LogP contribution in [0.25, 0.3) is 0 Å². The van der Waals surface area contributed by atoms with Gasteiger partial charge in [-0.15, -0.1) is 5.48 Å². The minimum atomic E-state index is -0.513. The van der Waals surface area contributed by atoms with Crippen LogP contribution in [0.4, 0.5) is 10.6 Å². The third-order valence-corrected chi connectivity index (χ3v) is 5.28. The molecule has 1 saturated heterocycles. The fourth-order valence-electron chi connectivity index (χ4n) is 3.67. The fourth-order valence-corrected chi connectivity index (χ4v) is 3.67. The highest BCUT2D eigenvalue weighted by molar-refractivity contribution is 5.94. The van der Waals surface area contributed by atoms with Crippen molar-refractivity contribution in [2.45, 2.75) is 33.0 Å². The number of nitrogens with zero attached hydrogens (tertiary/aromatic N) is 2. The largest absolute Gasteiger partial charge is 0.427 e. The van der Waals surface area contributed by atoms with Crippen molar-refractivity contribution >= 4 is 17.8 Å². The Morgan fingerprint density at radius 1 is 1.22 bits per heavy atom. The Kier molecular flexibility index (Phi) is 6.00. The third-order valence-electron chi connectivity index (χ3n) is 5.28. The van der Waals surface area contributed by atoms with Crippen LogP contribution in [0.15, 0.2) is 48.7 Å². The summed E-state index contributed by atoms with van der Waals surface area (Å²) in [4.78, 5) is 37.4. The van der Waals surface area contributed by atoms with Gasteiger partial charge in [0, 0.05) is 36.1 Å². The molecule has 0 spiro atoms. The molecule has 164 valence electrons. The third kappa shape index (κ3) is 4.84. The van der Waals surface area contributed by atoms with Gasteiger partial charge in [0.25, 0.3) is 5.91 Å². The first-order valence-electron chi connectivity index (χ1n) is 10.2. The van der Waals surface area contributed by atoms with Crippen molar-refractivity contribution in [3.63, 3.8) is 0 Å². The van der Waals surface area contributed by atoms with Crippen LogP contribution in [0.5, 0.6) is 0 Å². The zero-order chi connectivity index (χ0) is 22.7. The van der Waals surface area contributed by atoms with Gasteiger partial charge in [-0.3, -0.25) is 15.1 Å². The van der Waals surface area contributed by atoms with E-state index in [4.69, 9.17) is 10.6 Å². The average Bonchev–Trinajstić information content (AvgIpc) is 3.19. The lowest BCUT2D eigenvalue weighted by Crippen LogP contribution is -2.24. The summed E-state index contributed by atoms with van der Waals surface area (Å²) in [6.07, 6.45) is 1.25. The Balaban J connectivity index is 1.43. The predicted molar refractivity (Wildman–Crippen MR) is 118 cm³/mol. The van der Waals surface area contributed by atoms with Gasteiger partial charge in [-0.25, -0.2) is 9.78 Å². The van der Waals surface area contributed by atoms with Gasteiger partial charge in [-0.2, -0.15) is 0 Å². The van der Waals surface area contributed by atoms with E-state index in [1.165, 1.54) is 0 Å². The van der Waals surface area contributed by atoms with E-state index in [1.54, 1.807) is 24.4 Å². The number of nitrogens with one attached hydrogen (secondary N) is 3. The van der Waals surface area contributed by atoms with Crippen LogP contribution in [0.1, 0.15) is 50.2 Å². The zero-order valence-corrected chi connectivity index (χ0v) is 17.8. The van der Waals surface area contributed by atoms with E-state index in [0.29, 0.717) is 24.3 Å². The molecule has 1 unspecified atom stereocenters. The number of aryl methyl sites for hydroxylation is 2. The number of rotatable bonds is 6. The summed E-state index contributed by atoms with van der Waals surface area (Å²) in [5, 5.41) is 5.62. The minimum Gasteiger partial charge on any atom is -0.384 e. The zero-order valence-electron chi connectivity index (χ0n) is 17.8. The monoisotopic (exact) mass is 432 g/mol. The average molecular weight is 432 g/mol. The number of aromatic nitrogens is 2. The van der Waals surface area contributed by atoms with Crippen LogP contribution >= 0.6 is 0 Å². The van der Waals surface area contributed by atoms with Gasteiger partial charge in [0.2, 0.25) is 0 Å². The molecule has 0 radical (unpaired) electrons. The van der Waals surface area contributed by atoms with Crippen molar-refractivity contribution in [3.05, 3.63) is 87.9 Å². The summed E-state index contributed by atoms with van der Waals surface area (Å²) in [5.74, 6) is 0.282. The highest BCUT2D eigenvalue weighted by Crippen LogP contribution is 2.18. The Hall–Kier alpha value is -3.98. The normalized spacial score (nSPS) is 15.2. The number of benzene rings is 1. The number of anilines is 1. The summed E-state index contributed by atoms with van der Waals surface area (Å²) in [7, 11) is 0. The molecule has 1 aliphatic heterocycles. The summed E-state index contributed by atoms with van der Waals surface area (Å²) in [5.41, 5.74) is 14.3. The maximum Gasteiger partial charge on any atom is 0.427 e. The van der Waals surface area contributed by atoms with E-state index in [0.717, 1.165) is 33.6 Å². The molecule has 3 heterocycles. The van der Waals surface area contributed by atoms with Gasteiger partial charge in [0.1, 0.15) is 12.0 Å². The first kappa shape index (κ1) is 21.3. The maximum atomic E-state index is 12.7. The van der Waals surface area contributed by atoms with Gasteiger partial charge in [-0.05, 0) is 54.3 Å². The van der Waals surface area contributed by atoms with Gasteiger partial charge in [0.05, 0.1) is 0 Å². The molecular formula is C23H24N6O3. The standard InChI is InChI=1S/C23H24N6O3/c1-13-8-20(24)27-14(2)19(13)12-26-22(30)17-6-7-25-18(11-17)10-15-4-3-5-16(9-15)21-28-23(31)32-29-21/h3-9,11,21,29H,10,12H2,1-2H3,(H2,24,27)(H,26,30)(H,28,31). The molecule has 0 aliphatic carbocycles. The molecule has 1 fully saturated rings. The smallest absolute Gasteiger partial charge is 0.384 e. The lowest BCUT2D eigenvalue weighted by atomic mass is 10.0. The summed E-state index contributed by atoms with van der Waals surface area (Å²) >= 11 is 0. The maximum absolute atomic E-state index is 12.7. The lowest BCUT2D eigenvalue weighted by molar-refractivity contribution is 0.0950.